The van der Waals surface area contributed by atoms with E-state index in [4.69, 9.17) is 4.74 Å². The van der Waals surface area contributed by atoms with Gasteiger partial charge in [-0.2, -0.15) is 0 Å². The van der Waals surface area contributed by atoms with E-state index in [1.165, 1.54) is 17.8 Å². The summed E-state index contributed by atoms with van der Waals surface area (Å²) in [4.78, 5) is 15.6. The molecule has 0 aliphatic carbocycles. The Kier molecular flexibility index (Phi) is 5.62. The summed E-state index contributed by atoms with van der Waals surface area (Å²) in [6, 6.07) is -0.0793. The molecule has 1 aromatic heterocycles. The Morgan fingerprint density at radius 3 is 3.00 bits per heavy atom. The van der Waals surface area contributed by atoms with Crippen LogP contribution in [0.4, 0.5) is 9.93 Å². The Morgan fingerprint density at radius 2 is 2.30 bits per heavy atom. The van der Waals surface area contributed by atoms with Gasteiger partial charge in [-0.3, -0.25) is 0 Å². The molecular formula is C12H20N4O2S2. The van der Waals surface area contributed by atoms with E-state index >= 15 is 0 Å². The minimum absolute atomic E-state index is 0.0793. The van der Waals surface area contributed by atoms with Gasteiger partial charge in [0.25, 0.3) is 0 Å². The van der Waals surface area contributed by atoms with Crippen LogP contribution in [0, 0.1) is 0 Å². The minimum atomic E-state index is -0.250. The molecule has 1 saturated heterocycles. The molecule has 0 spiro atoms. The number of ether oxygens (including phenoxy) is 1. The van der Waals surface area contributed by atoms with Crippen LogP contribution in [-0.2, 0) is 4.74 Å². The number of carbonyl (C=O) groups excluding carboxylic acids is 1. The highest BCUT2D eigenvalue weighted by atomic mass is 32.2. The van der Waals surface area contributed by atoms with Crippen molar-refractivity contribution in [1.29, 1.82) is 0 Å². The first-order valence-electron chi connectivity index (χ1n) is 6.70. The van der Waals surface area contributed by atoms with Crippen LogP contribution >= 0.6 is 23.1 Å². The maximum Gasteiger partial charge on any atom is 0.328 e. The Balaban J connectivity index is 2.09. The first-order chi connectivity index (χ1) is 9.67. The lowest BCUT2D eigenvalue weighted by Gasteiger charge is -2.37. The molecule has 1 fully saturated rings. The molecule has 0 aromatic carbocycles. The highest BCUT2D eigenvalue weighted by molar-refractivity contribution is 8.01. The molecule has 2 amide bonds. The molecule has 1 aromatic rings. The number of urea groups is 1. The third kappa shape index (κ3) is 3.42. The van der Waals surface area contributed by atoms with Crippen molar-refractivity contribution in [3.8, 4) is 0 Å². The molecule has 8 heteroatoms. The third-order valence-corrected chi connectivity index (χ3v) is 5.27. The van der Waals surface area contributed by atoms with Gasteiger partial charge in [-0.25, -0.2) is 9.69 Å². The summed E-state index contributed by atoms with van der Waals surface area (Å²) in [6.07, 6.45) is 2.85. The molecule has 0 radical (unpaired) electrons. The van der Waals surface area contributed by atoms with Crippen LogP contribution in [0.2, 0.25) is 0 Å². The van der Waals surface area contributed by atoms with Crippen LogP contribution in [0.3, 0.4) is 0 Å². The fourth-order valence-corrected chi connectivity index (χ4v) is 3.96. The molecule has 0 N–H and O–H groups in total. The van der Waals surface area contributed by atoms with E-state index < -0.39 is 0 Å². The molecule has 2 rings (SSSR count). The van der Waals surface area contributed by atoms with Gasteiger partial charge in [0.05, 0.1) is 0 Å². The smallest absolute Gasteiger partial charge is 0.328 e. The summed E-state index contributed by atoms with van der Waals surface area (Å²) in [5, 5.41) is 8.92. The fourth-order valence-electron chi connectivity index (χ4n) is 1.93. The standard InChI is InChI=1S/C12H20N4O2S2/c1-4-5-8-19-11-14-13-10(20-11)16-9(18-3)6-7-15(2)12(16)17/h9H,4-8H2,1-3H3. The van der Waals surface area contributed by atoms with E-state index in [1.807, 2.05) is 0 Å². The van der Waals surface area contributed by atoms with E-state index in [1.54, 1.807) is 35.7 Å². The van der Waals surface area contributed by atoms with Gasteiger partial charge < -0.3 is 9.64 Å². The molecule has 1 aliphatic heterocycles. The maximum atomic E-state index is 12.3. The van der Waals surface area contributed by atoms with E-state index in [0.717, 1.165) is 22.9 Å². The van der Waals surface area contributed by atoms with Gasteiger partial charge in [0.15, 0.2) is 4.34 Å². The number of unbranched alkanes of at least 4 members (excludes halogenated alkanes) is 1. The average Bonchev–Trinajstić information content (AvgIpc) is 2.90. The van der Waals surface area contributed by atoms with Gasteiger partial charge in [-0.05, 0) is 6.42 Å². The number of anilines is 1. The largest absolute Gasteiger partial charge is 0.361 e. The monoisotopic (exact) mass is 316 g/mol. The highest BCUT2D eigenvalue weighted by Crippen LogP contribution is 2.32. The number of hydrogen-bond donors (Lipinski definition) is 0. The second kappa shape index (κ2) is 7.24. The number of rotatable bonds is 6. The Labute approximate surface area is 127 Å². The van der Waals surface area contributed by atoms with E-state index in [-0.39, 0.29) is 12.3 Å². The van der Waals surface area contributed by atoms with Crippen molar-refractivity contribution in [1.82, 2.24) is 15.1 Å². The van der Waals surface area contributed by atoms with Crippen molar-refractivity contribution >= 4 is 34.3 Å². The summed E-state index contributed by atoms with van der Waals surface area (Å²) < 4.78 is 6.30. The van der Waals surface area contributed by atoms with Crippen molar-refractivity contribution in [3.05, 3.63) is 0 Å². The van der Waals surface area contributed by atoms with Crippen LogP contribution in [0.15, 0.2) is 4.34 Å². The van der Waals surface area contributed by atoms with Crippen LogP contribution in [-0.4, -0.2) is 53.8 Å². The molecule has 6 nitrogen and oxygen atoms in total. The van der Waals surface area contributed by atoms with Gasteiger partial charge in [0.2, 0.25) is 5.13 Å². The summed E-state index contributed by atoms with van der Waals surface area (Å²) in [7, 11) is 3.41. The first-order valence-corrected chi connectivity index (χ1v) is 8.51. The molecule has 0 saturated carbocycles. The molecular weight excluding hydrogens is 296 g/mol. The number of amides is 2. The van der Waals surface area contributed by atoms with E-state index in [2.05, 4.69) is 17.1 Å². The van der Waals surface area contributed by atoms with E-state index in [9.17, 15) is 4.79 Å². The van der Waals surface area contributed by atoms with Gasteiger partial charge in [-0.15, -0.1) is 10.2 Å². The maximum absolute atomic E-state index is 12.3. The van der Waals surface area contributed by atoms with Gasteiger partial charge in [0, 0.05) is 32.9 Å². The SMILES string of the molecule is CCCCSc1nnc(N2C(=O)N(C)CCC2OC)s1. The van der Waals surface area contributed by atoms with Crippen molar-refractivity contribution in [2.75, 3.05) is 31.4 Å². The zero-order chi connectivity index (χ0) is 14.5. The van der Waals surface area contributed by atoms with Gasteiger partial charge in [0.1, 0.15) is 6.23 Å². The van der Waals surface area contributed by atoms with Crippen LogP contribution in [0.5, 0.6) is 0 Å². The minimum Gasteiger partial charge on any atom is -0.361 e. The predicted octanol–water partition coefficient (Wildman–Crippen LogP) is 2.66. The molecule has 20 heavy (non-hydrogen) atoms. The normalized spacial score (nSPS) is 19.8. The second-order valence-corrected chi connectivity index (χ2v) is 6.90. The number of thioether (sulfide) groups is 1. The summed E-state index contributed by atoms with van der Waals surface area (Å²) >= 11 is 3.15. The second-order valence-electron chi connectivity index (χ2n) is 4.61. The van der Waals surface area contributed by atoms with Crippen molar-refractivity contribution in [2.24, 2.45) is 0 Å². The number of carbonyl (C=O) groups is 1. The van der Waals surface area contributed by atoms with Crippen molar-refractivity contribution < 1.29 is 9.53 Å². The summed E-state index contributed by atoms with van der Waals surface area (Å²) in [5.74, 6) is 1.03. The zero-order valence-corrected chi connectivity index (χ0v) is 13.7. The summed E-state index contributed by atoms with van der Waals surface area (Å²) in [5.41, 5.74) is 0. The van der Waals surface area contributed by atoms with E-state index in [0.29, 0.717) is 11.7 Å². The molecule has 0 bridgehead atoms. The lowest BCUT2D eigenvalue weighted by atomic mass is 10.3. The van der Waals surface area contributed by atoms with Crippen LogP contribution in [0.25, 0.3) is 0 Å². The van der Waals surface area contributed by atoms with Crippen LogP contribution < -0.4 is 4.90 Å². The van der Waals surface area contributed by atoms with Crippen molar-refractivity contribution in [3.63, 3.8) is 0 Å². The lowest BCUT2D eigenvalue weighted by molar-refractivity contribution is 0.0700. The number of nitrogens with zero attached hydrogens (tertiary/aromatic N) is 4. The summed E-state index contributed by atoms with van der Waals surface area (Å²) in [6.45, 7) is 2.86. The van der Waals surface area contributed by atoms with Crippen LogP contribution in [0.1, 0.15) is 26.2 Å². The average molecular weight is 316 g/mol. The number of aromatic nitrogens is 2. The molecule has 2 heterocycles. The quantitative estimate of drug-likeness (QED) is 0.459. The number of hydrogen-bond acceptors (Lipinski definition) is 6. The van der Waals surface area contributed by atoms with Crippen molar-refractivity contribution in [2.45, 2.75) is 36.8 Å². The van der Waals surface area contributed by atoms with Gasteiger partial charge in [-0.1, -0.05) is 36.4 Å². The molecule has 1 aliphatic rings. The molecule has 112 valence electrons. The fraction of sp³-hybridized carbons (Fsp3) is 0.750. The Morgan fingerprint density at radius 1 is 1.50 bits per heavy atom. The third-order valence-electron chi connectivity index (χ3n) is 3.13. The predicted molar refractivity (Wildman–Crippen MR) is 81.5 cm³/mol. The molecule has 1 unspecified atom stereocenters. The highest BCUT2D eigenvalue weighted by Gasteiger charge is 2.34. The zero-order valence-electron chi connectivity index (χ0n) is 12.0. The lowest BCUT2D eigenvalue weighted by Crippen LogP contribution is -2.54. The Bertz CT molecular complexity index is 454. The number of methoxy groups -OCH3 is 1. The first kappa shape index (κ1) is 15.5. The van der Waals surface area contributed by atoms with Gasteiger partial charge >= 0.3 is 6.03 Å². The Hall–Kier alpha value is -0.860. The molecule has 1 atom stereocenters. The topological polar surface area (TPSA) is 58.6 Å².